The van der Waals surface area contributed by atoms with Gasteiger partial charge in [0.1, 0.15) is 17.0 Å². The number of hydrogen-bond donors (Lipinski definition) is 0. The highest BCUT2D eigenvalue weighted by atomic mass is 16.2. The Hall–Kier alpha value is -3.41. The van der Waals surface area contributed by atoms with Crippen molar-refractivity contribution in [3.8, 4) is 0 Å². The van der Waals surface area contributed by atoms with Crippen molar-refractivity contribution in [2.75, 3.05) is 13.1 Å². The number of benzene rings is 1. The van der Waals surface area contributed by atoms with Crippen LogP contribution < -0.4 is 5.56 Å². The molecule has 28 heavy (non-hydrogen) atoms. The van der Waals surface area contributed by atoms with Gasteiger partial charge in [-0.25, -0.2) is 4.98 Å². The van der Waals surface area contributed by atoms with Gasteiger partial charge in [-0.1, -0.05) is 36.4 Å². The summed E-state index contributed by atoms with van der Waals surface area (Å²) in [5.41, 5.74) is 2.57. The minimum Gasteiger partial charge on any atom is -0.337 e. The number of aromatic nitrogens is 3. The van der Waals surface area contributed by atoms with Gasteiger partial charge in [0.05, 0.1) is 5.39 Å². The summed E-state index contributed by atoms with van der Waals surface area (Å²) in [6.45, 7) is 2.02. The first-order valence-electron chi connectivity index (χ1n) is 9.56. The second-order valence-electron chi connectivity index (χ2n) is 7.18. The van der Waals surface area contributed by atoms with Crippen molar-refractivity contribution in [3.63, 3.8) is 0 Å². The number of fused-ring (bicyclic) bond motifs is 2. The molecule has 3 aromatic heterocycles. The van der Waals surface area contributed by atoms with Crippen molar-refractivity contribution in [3.05, 3.63) is 82.4 Å². The molecule has 1 aliphatic rings. The second-order valence-corrected chi connectivity index (χ2v) is 7.18. The first-order chi connectivity index (χ1) is 13.7. The van der Waals surface area contributed by atoms with E-state index in [0.717, 1.165) is 31.5 Å². The van der Waals surface area contributed by atoms with E-state index in [1.165, 1.54) is 4.40 Å². The number of pyridine rings is 1. The van der Waals surface area contributed by atoms with Crippen LogP contribution in [0.15, 0.2) is 65.6 Å². The molecule has 1 aliphatic heterocycles. The molecule has 4 heterocycles. The molecule has 1 saturated heterocycles. The predicted octanol–water partition coefficient (Wildman–Crippen LogP) is 2.93. The smallest absolute Gasteiger partial charge is 0.270 e. The van der Waals surface area contributed by atoms with E-state index in [-0.39, 0.29) is 11.5 Å². The Balaban J connectivity index is 1.75. The number of likely N-dealkylation sites (tertiary alicyclic amines) is 1. The Labute approximate surface area is 161 Å². The molecule has 0 bridgehead atoms. The van der Waals surface area contributed by atoms with Crippen molar-refractivity contribution in [1.29, 1.82) is 0 Å². The highest BCUT2D eigenvalue weighted by Gasteiger charge is 2.25. The third-order valence-corrected chi connectivity index (χ3v) is 5.37. The van der Waals surface area contributed by atoms with E-state index in [9.17, 15) is 9.59 Å². The minimum atomic E-state index is -0.150. The van der Waals surface area contributed by atoms with Crippen LogP contribution in [0.25, 0.3) is 16.7 Å². The first kappa shape index (κ1) is 16.7. The Morgan fingerprint density at radius 3 is 2.54 bits per heavy atom. The van der Waals surface area contributed by atoms with E-state index in [0.29, 0.717) is 28.9 Å². The molecule has 1 fully saturated rings. The van der Waals surface area contributed by atoms with Gasteiger partial charge >= 0.3 is 0 Å². The molecule has 6 nitrogen and oxygen atoms in total. The van der Waals surface area contributed by atoms with Crippen LogP contribution in [-0.4, -0.2) is 37.8 Å². The quantitative estimate of drug-likeness (QED) is 0.556. The molecule has 0 radical (unpaired) electrons. The van der Waals surface area contributed by atoms with Crippen LogP contribution in [0.2, 0.25) is 0 Å². The summed E-state index contributed by atoms with van der Waals surface area (Å²) in [5.74, 6) is -0.0279. The molecule has 0 unspecified atom stereocenters. The van der Waals surface area contributed by atoms with E-state index in [4.69, 9.17) is 4.98 Å². The highest BCUT2D eigenvalue weighted by molar-refractivity contribution is 5.98. The summed E-state index contributed by atoms with van der Waals surface area (Å²) in [7, 11) is 0. The summed E-state index contributed by atoms with van der Waals surface area (Å²) < 4.78 is 3.42. The van der Waals surface area contributed by atoms with E-state index in [2.05, 4.69) is 0 Å². The normalized spacial score (nSPS) is 14.2. The number of amides is 1. The fourth-order valence-corrected chi connectivity index (χ4v) is 3.94. The average Bonchev–Trinajstić information content (AvgIpc) is 3.38. The van der Waals surface area contributed by atoms with Gasteiger partial charge in [-0.15, -0.1) is 0 Å². The summed E-state index contributed by atoms with van der Waals surface area (Å²) in [6, 6.07) is 17.1. The van der Waals surface area contributed by atoms with Gasteiger partial charge in [0.2, 0.25) is 0 Å². The molecule has 0 spiro atoms. The molecular formula is C22H20N4O2. The number of rotatable bonds is 3. The largest absolute Gasteiger partial charge is 0.337 e. The fraction of sp³-hybridized carbons (Fsp3) is 0.227. The average molecular weight is 372 g/mol. The maximum Gasteiger partial charge on any atom is 0.270 e. The van der Waals surface area contributed by atoms with Crippen molar-refractivity contribution in [2.45, 2.75) is 19.4 Å². The van der Waals surface area contributed by atoms with Crippen LogP contribution in [0.1, 0.15) is 28.9 Å². The van der Waals surface area contributed by atoms with Crippen LogP contribution in [0.3, 0.4) is 0 Å². The van der Waals surface area contributed by atoms with Crippen molar-refractivity contribution in [2.24, 2.45) is 0 Å². The molecule has 140 valence electrons. The zero-order chi connectivity index (χ0) is 19.1. The lowest BCUT2D eigenvalue weighted by atomic mass is 10.2. The van der Waals surface area contributed by atoms with Gasteiger partial charge in [-0.3, -0.25) is 14.0 Å². The predicted molar refractivity (Wildman–Crippen MR) is 108 cm³/mol. The van der Waals surface area contributed by atoms with Crippen molar-refractivity contribution in [1.82, 2.24) is 18.9 Å². The third kappa shape index (κ3) is 2.69. The van der Waals surface area contributed by atoms with E-state index < -0.39 is 0 Å². The SMILES string of the molecule is O=C(c1cc2c(=O)n3ccccc3nc2n1Cc1ccccc1)N1CCCC1. The van der Waals surface area contributed by atoms with Crippen LogP contribution in [-0.2, 0) is 6.54 Å². The summed E-state index contributed by atoms with van der Waals surface area (Å²) in [6.07, 6.45) is 3.76. The summed E-state index contributed by atoms with van der Waals surface area (Å²) in [5, 5.41) is 0.474. The molecule has 0 N–H and O–H groups in total. The van der Waals surface area contributed by atoms with E-state index in [1.807, 2.05) is 51.9 Å². The molecular weight excluding hydrogens is 352 g/mol. The van der Waals surface area contributed by atoms with Crippen LogP contribution in [0, 0.1) is 0 Å². The standard InChI is InChI=1S/C22H20N4O2/c27-21-17-14-18(22(28)24-11-6-7-12-24)26(15-16-8-2-1-3-9-16)20(17)23-19-10-4-5-13-25(19)21/h1-5,8-10,13-14H,6-7,11-12,15H2. The zero-order valence-corrected chi connectivity index (χ0v) is 15.4. The monoisotopic (exact) mass is 372 g/mol. The summed E-state index contributed by atoms with van der Waals surface area (Å²) >= 11 is 0. The van der Waals surface area contributed by atoms with Crippen molar-refractivity contribution >= 4 is 22.6 Å². The Morgan fingerprint density at radius 2 is 1.75 bits per heavy atom. The van der Waals surface area contributed by atoms with Gasteiger partial charge in [0.15, 0.2) is 0 Å². The van der Waals surface area contributed by atoms with Gasteiger partial charge in [0, 0.05) is 25.8 Å². The Bertz CT molecular complexity index is 1230. The maximum atomic E-state index is 13.2. The van der Waals surface area contributed by atoms with Crippen LogP contribution in [0.5, 0.6) is 0 Å². The number of hydrogen-bond acceptors (Lipinski definition) is 3. The fourth-order valence-electron chi connectivity index (χ4n) is 3.94. The molecule has 5 rings (SSSR count). The number of carbonyl (C=O) groups is 1. The molecule has 0 atom stereocenters. The lowest BCUT2D eigenvalue weighted by Crippen LogP contribution is -2.29. The maximum absolute atomic E-state index is 13.2. The molecule has 1 aromatic carbocycles. The van der Waals surface area contributed by atoms with Gasteiger partial charge < -0.3 is 9.47 Å². The lowest BCUT2D eigenvalue weighted by molar-refractivity contribution is 0.0783. The topological polar surface area (TPSA) is 59.6 Å². The number of carbonyl (C=O) groups excluding carboxylic acids is 1. The van der Waals surface area contributed by atoms with Crippen LogP contribution in [0.4, 0.5) is 0 Å². The van der Waals surface area contributed by atoms with E-state index in [1.54, 1.807) is 18.3 Å². The number of nitrogens with zero attached hydrogens (tertiary/aromatic N) is 4. The lowest BCUT2D eigenvalue weighted by Gasteiger charge is -2.17. The van der Waals surface area contributed by atoms with Crippen molar-refractivity contribution < 1.29 is 4.79 Å². The molecule has 0 aliphatic carbocycles. The summed E-state index contributed by atoms with van der Waals surface area (Å²) in [4.78, 5) is 32.8. The van der Waals surface area contributed by atoms with Gasteiger partial charge in [-0.2, -0.15) is 0 Å². The molecule has 1 amide bonds. The van der Waals surface area contributed by atoms with Gasteiger partial charge in [-0.05, 0) is 36.6 Å². The Kier molecular flexibility index (Phi) is 3.97. The Morgan fingerprint density at radius 1 is 1.00 bits per heavy atom. The minimum absolute atomic E-state index is 0.0279. The van der Waals surface area contributed by atoms with Gasteiger partial charge in [0.25, 0.3) is 11.5 Å². The molecule has 6 heteroatoms. The molecule has 0 saturated carbocycles. The highest BCUT2D eigenvalue weighted by Crippen LogP contribution is 2.21. The second kappa shape index (κ2) is 6.64. The van der Waals surface area contributed by atoms with Crippen LogP contribution >= 0.6 is 0 Å². The third-order valence-electron chi connectivity index (χ3n) is 5.37. The molecule has 4 aromatic rings. The first-order valence-corrected chi connectivity index (χ1v) is 9.56. The van der Waals surface area contributed by atoms with E-state index >= 15 is 0 Å². The zero-order valence-electron chi connectivity index (χ0n) is 15.4.